The number of benzene rings is 1. The van der Waals surface area contributed by atoms with Gasteiger partial charge in [-0.2, -0.15) is 4.98 Å². The zero-order valence-electron chi connectivity index (χ0n) is 11.9. The Bertz CT molecular complexity index is 633. The van der Waals surface area contributed by atoms with Crippen LogP contribution in [0.1, 0.15) is 35.9 Å². The highest BCUT2D eigenvalue weighted by molar-refractivity contribution is 6.29. The molecule has 0 aliphatic heterocycles. The van der Waals surface area contributed by atoms with Gasteiger partial charge in [0.25, 0.3) is 0 Å². The molecule has 1 aliphatic carbocycles. The molecule has 0 fully saturated rings. The molecular weight excluding hydrogens is 288 g/mol. The van der Waals surface area contributed by atoms with Gasteiger partial charge in [-0.3, -0.25) is 0 Å². The summed E-state index contributed by atoms with van der Waals surface area (Å²) >= 11 is 6.02. The summed E-state index contributed by atoms with van der Waals surface area (Å²) in [6.07, 6.45) is 3.23. The first kappa shape index (κ1) is 14.3. The maximum atomic E-state index is 6.06. The van der Waals surface area contributed by atoms with E-state index in [4.69, 9.17) is 21.1 Å². The molecule has 110 valence electrons. The van der Waals surface area contributed by atoms with Crippen molar-refractivity contribution < 1.29 is 9.47 Å². The number of nitrogens with zero attached hydrogens (tertiary/aromatic N) is 2. The van der Waals surface area contributed by atoms with Gasteiger partial charge in [-0.1, -0.05) is 35.9 Å². The lowest BCUT2D eigenvalue weighted by atomic mass is 9.89. The molecular formula is C16H17ClN2O2. The third-order valence-corrected chi connectivity index (χ3v) is 3.76. The van der Waals surface area contributed by atoms with Crippen LogP contribution >= 0.6 is 11.6 Å². The molecule has 0 bridgehead atoms. The van der Waals surface area contributed by atoms with E-state index in [1.165, 1.54) is 11.1 Å². The Morgan fingerprint density at radius 2 is 2.14 bits per heavy atom. The molecule has 5 heteroatoms. The van der Waals surface area contributed by atoms with Gasteiger partial charge in [0.2, 0.25) is 5.88 Å². The van der Waals surface area contributed by atoms with E-state index in [9.17, 15) is 0 Å². The summed E-state index contributed by atoms with van der Waals surface area (Å²) in [5, 5.41) is 0.371. The molecule has 2 aromatic rings. The number of aromatic nitrogens is 2. The molecule has 21 heavy (non-hydrogen) atoms. The predicted octanol–water partition coefficient (Wildman–Crippen LogP) is 3.73. The topological polar surface area (TPSA) is 44.2 Å². The molecule has 1 aliphatic rings. The van der Waals surface area contributed by atoms with Gasteiger partial charge >= 0.3 is 0 Å². The number of aryl methyl sites for hydroxylation is 1. The lowest BCUT2D eigenvalue weighted by Gasteiger charge is -2.25. The van der Waals surface area contributed by atoms with E-state index < -0.39 is 0 Å². The Hall–Kier alpha value is -1.65. The summed E-state index contributed by atoms with van der Waals surface area (Å²) < 4.78 is 11.1. The molecule has 0 saturated carbocycles. The maximum Gasteiger partial charge on any atom is 0.218 e. The average Bonchev–Trinajstić information content (AvgIpc) is 2.47. The minimum atomic E-state index is 0.0244. The number of halogens is 1. The van der Waals surface area contributed by atoms with E-state index in [1.807, 2.05) is 6.07 Å². The van der Waals surface area contributed by atoms with Crippen molar-refractivity contribution in [3.63, 3.8) is 0 Å². The van der Waals surface area contributed by atoms with Crippen LogP contribution < -0.4 is 4.74 Å². The van der Waals surface area contributed by atoms with E-state index in [-0.39, 0.29) is 6.10 Å². The minimum Gasteiger partial charge on any atom is -0.469 e. The van der Waals surface area contributed by atoms with Crippen LogP contribution in [0.3, 0.4) is 0 Å². The zero-order valence-corrected chi connectivity index (χ0v) is 12.6. The summed E-state index contributed by atoms with van der Waals surface area (Å²) in [6, 6.07) is 10.0. The second kappa shape index (κ2) is 6.41. The summed E-state index contributed by atoms with van der Waals surface area (Å²) in [4.78, 5) is 8.46. The number of methoxy groups -OCH3 is 1. The van der Waals surface area contributed by atoms with Gasteiger partial charge in [-0.25, -0.2) is 4.98 Å². The Morgan fingerprint density at radius 3 is 3.00 bits per heavy atom. The van der Waals surface area contributed by atoms with Gasteiger partial charge < -0.3 is 9.47 Å². The minimum absolute atomic E-state index is 0.0244. The number of hydrogen-bond donors (Lipinski definition) is 0. The molecule has 1 atom stereocenters. The van der Waals surface area contributed by atoms with Crippen LogP contribution in [0.4, 0.5) is 0 Å². The fourth-order valence-corrected chi connectivity index (χ4v) is 2.86. The molecule has 1 aromatic carbocycles. The van der Waals surface area contributed by atoms with Crippen molar-refractivity contribution in [3.05, 3.63) is 52.4 Å². The van der Waals surface area contributed by atoms with Crippen LogP contribution in [-0.2, 0) is 17.8 Å². The zero-order chi connectivity index (χ0) is 14.7. The SMILES string of the molecule is COCc1nc(Cl)cc(OC2CCCc3ccccc32)n1. The third kappa shape index (κ3) is 3.34. The lowest BCUT2D eigenvalue weighted by molar-refractivity contribution is 0.163. The molecule has 0 spiro atoms. The van der Waals surface area contributed by atoms with Crippen LogP contribution in [0.5, 0.6) is 5.88 Å². The Morgan fingerprint density at radius 1 is 1.29 bits per heavy atom. The first-order valence-electron chi connectivity index (χ1n) is 7.03. The monoisotopic (exact) mass is 304 g/mol. The Labute approximate surface area is 129 Å². The van der Waals surface area contributed by atoms with Crippen LogP contribution in [0, 0.1) is 0 Å². The molecule has 1 aromatic heterocycles. The van der Waals surface area contributed by atoms with Crippen LogP contribution in [-0.4, -0.2) is 17.1 Å². The summed E-state index contributed by atoms with van der Waals surface area (Å²) in [7, 11) is 1.60. The molecule has 3 rings (SSSR count). The predicted molar refractivity (Wildman–Crippen MR) is 80.5 cm³/mol. The van der Waals surface area contributed by atoms with E-state index >= 15 is 0 Å². The van der Waals surface area contributed by atoms with Crippen molar-refractivity contribution in [3.8, 4) is 5.88 Å². The first-order valence-corrected chi connectivity index (χ1v) is 7.41. The highest BCUT2D eigenvalue weighted by Gasteiger charge is 2.22. The molecule has 0 saturated heterocycles. The van der Waals surface area contributed by atoms with Crippen molar-refractivity contribution in [1.29, 1.82) is 0 Å². The Kier molecular flexibility index (Phi) is 4.36. The summed E-state index contributed by atoms with van der Waals surface area (Å²) in [5.74, 6) is 1.04. The quantitative estimate of drug-likeness (QED) is 0.807. The van der Waals surface area contributed by atoms with Gasteiger partial charge in [0.1, 0.15) is 17.9 Å². The van der Waals surface area contributed by atoms with Crippen LogP contribution in [0.25, 0.3) is 0 Å². The standard InChI is InChI=1S/C16H17ClN2O2/c1-20-10-15-18-14(17)9-16(19-15)21-13-8-4-6-11-5-2-3-7-12(11)13/h2-3,5,7,9,13H,4,6,8,10H2,1H3. The Balaban J connectivity index is 1.84. The van der Waals surface area contributed by atoms with Crippen molar-refractivity contribution in [2.45, 2.75) is 32.0 Å². The number of hydrogen-bond acceptors (Lipinski definition) is 4. The van der Waals surface area contributed by atoms with Gasteiger partial charge in [-0.05, 0) is 30.4 Å². The van der Waals surface area contributed by atoms with E-state index in [2.05, 4.69) is 28.2 Å². The smallest absolute Gasteiger partial charge is 0.218 e. The third-order valence-electron chi connectivity index (χ3n) is 3.57. The maximum absolute atomic E-state index is 6.06. The summed E-state index contributed by atoms with van der Waals surface area (Å²) in [6.45, 7) is 0.318. The van der Waals surface area contributed by atoms with Crippen molar-refractivity contribution >= 4 is 11.6 Å². The van der Waals surface area contributed by atoms with Crippen LogP contribution in [0.2, 0.25) is 5.15 Å². The normalized spacial score (nSPS) is 17.3. The molecule has 1 heterocycles. The van der Waals surface area contributed by atoms with E-state index in [1.54, 1.807) is 13.2 Å². The first-order chi connectivity index (χ1) is 10.3. The molecule has 0 N–H and O–H groups in total. The highest BCUT2D eigenvalue weighted by atomic mass is 35.5. The number of rotatable bonds is 4. The van der Waals surface area contributed by atoms with Crippen molar-refractivity contribution in [2.24, 2.45) is 0 Å². The second-order valence-corrected chi connectivity index (χ2v) is 5.46. The van der Waals surface area contributed by atoms with Crippen molar-refractivity contribution in [1.82, 2.24) is 9.97 Å². The number of fused-ring (bicyclic) bond motifs is 1. The summed E-state index contributed by atoms with van der Waals surface area (Å²) in [5.41, 5.74) is 2.60. The molecule has 1 unspecified atom stereocenters. The second-order valence-electron chi connectivity index (χ2n) is 5.08. The fourth-order valence-electron chi connectivity index (χ4n) is 2.67. The average molecular weight is 305 g/mol. The fraction of sp³-hybridized carbons (Fsp3) is 0.375. The largest absolute Gasteiger partial charge is 0.469 e. The van der Waals surface area contributed by atoms with E-state index in [0.717, 1.165) is 19.3 Å². The lowest BCUT2D eigenvalue weighted by Crippen LogP contribution is -2.16. The van der Waals surface area contributed by atoms with Gasteiger partial charge in [0.05, 0.1) is 0 Å². The van der Waals surface area contributed by atoms with Crippen LogP contribution in [0.15, 0.2) is 30.3 Å². The van der Waals surface area contributed by atoms with Gasteiger partial charge in [0, 0.05) is 13.2 Å². The molecule has 4 nitrogen and oxygen atoms in total. The molecule has 0 amide bonds. The highest BCUT2D eigenvalue weighted by Crippen LogP contribution is 2.33. The van der Waals surface area contributed by atoms with Gasteiger partial charge in [-0.15, -0.1) is 0 Å². The number of ether oxygens (including phenoxy) is 2. The molecule has 0 radical (unpaired) electrons. The van der Waals surface area contributed by atoms with Crippen molar-refractivity contribution in [2.75, 3.05) is 7.11 Å². The van der Waals surface area contributed by atoms with E-state index in [0.29, 0.717) is 23.5 Å². The van der Waals surface area contributed by atoms with Gasteiger partial charge in [0.15, 0.2) is 5.82 Å².